The molecule has 2 atom stereocenters. The second-order valence-corrected chi connectivity index (χ2v) is 10.2. The molecule has 0 radical (unpaired) electrons. The highest BCUT2D eigenvalue weighted by Gasteiger charge is 2.54. The van der Waals surface area contributed by atoms with E-state index in [1.165, 1.54) is 23.8 Å². The van der Waals surface area contributed by atoms with E-state index in [1.807, 2.05) is 22.8 Å². The van der Waals surface area contributed by atoms with Gasteiger partial charge in [-0.25, -0.2) is 14.3 Å². The lowest BCUT2D eigenvalue weighted by molar-refractivity contribution is -0.662. The zero-order chi connectivity index (χ0) is 25.6. The number of anilines is 1. The molecule has 3 aromatic rings. The number of aromatic nitrogens is 3. The summed E-state index contributed by atoms with van der Waals surface area (Å²) in [6, 6.07) is 4.62. The minimum Gasteiger partial charge on any atom is -0.477 e. The minimum absolute atomic E-state index is 0.0915. The number of amides is 2. The minimum atomic E-state index is -1.22. The quantitative estimate of drug-likeness (QED) is 0.169. The Morgan fingerprint density at radius 2 is 2.25 bits per heavy atom. The Balaban J connectivity index is 1.38. The number of thioether (sulfide) groups is 1. The van der Waals surface area contributed by atoms with Crippen LogP contribution in [0.1, 0.15) is 5.69 Å². The predicted molar refractivity (Wildman–Crippen MR) is 132 cm³/mol. The molecule has 0 bridgehead atoms. The number of aliphatic carboxylic acids is 1. The van der Waals surface area contributed by atoms with Gasteiger partial charge in [0.2, 0.25) is 5.15 Å². The number of β-lactam (4-membered cyclic amide) rings is 1. The van der Waals surface area contributed by atoms with Crippen LogP contribution in [0.5, 0.6) is 0 Å². The van der Waals surface area contributed by atoms with E-state index in [1.54, 1.807) is 22.2 Å². The number of nitrogens with one attached hydrogen (secondary N) is 1. The Hall–Kier alpha value is -3.62. The topological polar surface area (TPSA) is 156 Å². The molecule has 1 saturated heterocycles. The standard InChI is InChI=1S/C21H18ClN7O5S2/c1-34-26-14(11-9-36-21(23)24-11)17(30)25-15-18(31)29-16(20(32)33)10(8-35-19(15)29)6-27-7-12(22)28-5-3-2-4-13(27)28/h2-5,7,9,15,19H,6,8H2,1H3,(H3-,23,24,25,30,32,33)/p+1/t15-,19+/m1/s1. The van der Waals surface area contributed by atoms with E-state index in [0.717, 1.165) is 17.0 Å². The molecule has 5 heterocycles. The van der Waals surface area contributed by atoms with Crippen LogP contribution in [0.15, 0.2) is 52.4 Å². The van der Waals surface area contributed by atoms with Crippen molar-refractivity contribution in [3.63, 3.8) is 0 Å². The summed E-state index contributed by atoms with van der Waals surface area (Å²) in [5.41, 5.74) is 6.96. The second kappa shape index (κ2) is 9.44. The molecule has 2 aliphatic rings. The van der Waals surface area contributed by atoms with Gasteiger partial charge in [-0.15, -0.1) is 23.1 Å². The Morgan fingerprint density at radius 1 is 1.44 bits per heavy atom. The molecule has 3 aromatic heterocycles. The van der Waals surface area contributed by atoms with Crippen molar-refractivity contribution < 1.29 is 28.9 Å². The number of oxime groups is 1. The summed E-state index contributed by atoms with van der Waals surface area (Å²) in [7, 11) is 1.28. The van der Waals surface area contributed by atoms with Gasteiger partial charge in [-0.05, 0) is 17.7 Å². The number of nitrogens with zero attached hydrogens (tertiary/aromatic N) is 5. The molecule has 0 spiro atoms. The zero-order valence-electron chi connectivity index (χ0n) is 18.6. The third-order valence-corrected chi connectivity index (χ3v) is 7.98. The first kappa shape index (κ1) is 24.1. The average Bonchev–Trinajstić information content (AvgIpc) is 3.43. The van der Waals surface area contributed by atoms with Crippen molar-refractivity contribution in [2.24, 2.45) is 5.16 Å². The molecule has 4 N–H and O–H groups in total. The third-order valence-electron chi connectivity index (χ3n) is 5.68. The summed E-state index contributed by atoms with van der Waals surface area (Å²) in [5.74, 6) is -2.09. The van der Waals surface area contributed by atoms with Gasteiger partial charge in [0.1, 0.15) is 36.5 Å². The summed E-state index contributed by atoms with van der Waals surface area (Å²) in [5, 5.41) is 18.0. The second-order valence-electron chi connectivity index (χ2n) is 7.82. The Morgan fingerprint density at radius 3 is 2.94 bits per heavy atom. The Labute approximate surface area is 217 Å². The molecule has 2 aliphatic heterocycles. The highest BCUT2D eigenvalue weighted by molar-refractivity contribution is 8.00. The first-order chi connectivity index (χ1) is 17.3. The van der Waals surface area contributed by atoms with Crippen LogP contribution >= 0.6 is 34.7 Å². The summed E-state index contributed by atoms with van der Waals surface area (Å²) in [6.45, 7) is 0.234. The molecule has 0 aromatic carbocycles. The summed E-state index contributed by atoms with van der Waals surface area (Å²) in [6.07, 6.45) is 3.52. The molecule has 186 valence electrons. The van der Waals surface area contributed by atoms with Crippen molar-refractivity contribution in [1.82, 2.24) is 19.6 Å². The van der Waals surface area contributed by atoms with Crippen LogP contribution in [0, 0.1) is 0 Å². The molecular weight excluding hydrogens is 530 g/mol. The molecule has 0 aliphatic carbocycles. The van der Waals surface area contributed by atoms with E-state index in [2.05, 4.69) is 15.5 Å². The molecule has 0 unspecified atom stereocenters. The maximum absolute atomic E-state index is 13.0. The highest BCUT2D eigenvalue weighted by Crippen LogP contribution is 2.40. The number of carboxylic acids is 1. The average molecular weight is 549 g/mol. The lowest BCUT2D eigenvalue weighted by atomic mass is 10.0. The normalized spacial score (nSPS) is 19.8. The van der Waals surface area contributed by atoms with Crippen LogP contribution in [0.25, 0.3) is 5.65 Å². The summed E-state index contributed by atoms with van der Waals surface area (Å²) < 4.78 is 3.61. The zero-order valence-corrected chi connectivity index (χ0v) is 21.0. The number of nitrogens with two attached hydrogens (primary N) is 1. The van der Waals surface area contributed by atoms with Crippen molar-refractivity contribution in [1.29, 1.82) is 0 Å². The van der Waals surface area contributed by atoms with Crippen molar-refractivity contribution in [2.75, 3.05) is 18.6 Å². The number of fused-ring (bicyclic) bond motifs is 2. The molecule has 2 amide bonds. The SMILES string of the molecule is CON=C(C(=O)N[C@@H]1C(=O)N2C(C(=O)O)=C(C[n+]3cc(Cl)n4ccccc43)CS[C@@H]12)c1csc(N)n1. The van der Waals surface area contributed by atoms with Crippen molar-refractivity contribution in [3.8, 4) is 0 Å². The fourth-order valence-electron chi connectivity index (χ4n) is 4.14. The van der Waals surface area contributed by atoms with E-state index in [0.29, 0.717) is 16.5 Å². The van der Waals surface area contributed by atoms with Crippen LogP contribution in [-0.4, -0.2) is 67.2 Å². The molecule has 36 heavy (non-hydrogen) atoms. The van der Waals surface area contributed by atoms with Crippen LogP contribution in [0.3, 0.4) is 0 Å². The van der Waals surface area contributed by atoms with Crippen molar-refractivity contribution in [3.05, 3.63) is 58.1 Å². The monoisotopic (exact) mass is 548 g/mol. The number of carbonyl (C=O) groups excluding carboxylic acids is 2. The maximum Gasteiger partial charge on any atom is 0.352 e. The number of imidazole rings is 1. The van der Waals surface area contributed by atoms with Crippen LogP contribution in [0.2, 0.25) is 5.15 Å². The van der Waals surface area contributed by atoms with Crippen molar-refractivity contribution in [2.45, 2.75) is 18.0 Å². The number of carbonyl (C=O) groups is 3. The van der Waals surface area contributed by atoms with E-state index < -0.39 is 29.2 Å². The fourth-order valence-corrected chi connectivity index (χ4v) is 6.29. The number of thiazole rings is 1. The predicted octanol–water partition coefficient (Wildman–Crippen LogP) is 0.708. The largest absolute Gasteiger partial charge is 0.477 e. The molecule has 15 heteroatoms. The number of nitrogen functional groups attached to an aromatic ring is 1. The molecule has 1 fully saturated rings. The van der Waals surface area contributed by atoms with Gasteiger partial charge in [0.05, 0.1) is 6.20 Å². The number of carboxylic acid groups (broad SMARTS) is 1. The number of pyridine rings is 1. The van der Waals surface area contributed by atoms with Gasteiger partial charge in [0.15, 0.2) is 17.0 Å². The first-order valence-corrected chi connectivity index (χ1v) is 12.8. The van der Waals surface area contributed by atoms with Gasteiger partial charge in [-0.2, -0.15) is 4.40 Å². The van der Waals surface area contributed by atoms with Gasteiger partial charge >= 0.3 is 5.97 Å². The van der Waals surface area contributed by atoms with Gasteiger partial charge in [-0.1, -0.05) is 11.2 Å². The van der Waals surface area contributed by atoms with Gasteiger partial charge < -0.3 is 21.0 Å². The van der Waals surface area contributed by atoms with E-state index in [9.17, 15) is 19.5 Å². The van der Waals surface area contributed by atoms with Crippen LogP contribution in [0.4, 0.5) is 5.13 Å². The van der Waals surface area contributed by atoms with E-state index in [-0.39, 0.29) is 28.8 Å². The lowest BCUT2D eigenvalue weighted by Gasteiger charge is -2.49. The van der Waals surface area contributed by atoms with E-state index >= 15 is 0 Å². The van der Waals surface area contributed by atoms with Gasteiger partial charge in [0.25, 0.3) is 17.5 Å². The summed E-state index contributed by atoms with van der Waals surface area (Å²) in [4.78, 5) is 48.2. The molecular formula is C21H19ClN7O5S2+. The number of halogens is 1. The third kappa shape index (κ3) is 4.06. The number of hydrogen-bond donors (Lipinski definition) is 3. The number of hydrogen-bond acceptors (Lipinski definition) is 9. The van der Waals surface area contributed by atoms with E-state index in [4.69, 9.17) is 22.2 Å². The number of rotatable bonds is 7. The van der Waals surface area contributed by atoms with Gasteiger partial charge in [-0.3, -0.25) is 14.5 Å². The van der Waals surface area contributed by atoms with Crippen molar-refractivity contribution >= 4 is 69.0 Å². The molecule has 5 rings (SSSR count). The van der Waals surface area contributed by atoms with Gasteiger partial charge in [0, 0.05) is 22.8 Å². The lowest BCUT2D eigenvalue weighted by Crippen LogP contribution is -2.71. The maximum atomic E-state index is 13.0. The smallest absolute Gasteiger partial charge is 0.352 e. The molecule has 12 nitrogen and oxygen atoms in total. The Kier molecular flexibility index (Phi) is 6.32. The summed E-state index contributed by atoms with van der Waals surface area (Å²) >= 11 is 8.80. The highest BCUT2D eigenvalue weighted by atomic mass is 35.5. The first-order valence-electron chi connectivity index (χ1n) is 10.5. The van der Waals surface area contributed by atoms with Crippen LogP contribution < -0.4 is 15.6 Å². The van der Waals surface area contributed by atoms with Crippen LogP contribution in [-0.2, 0) is 25.8 Å². The fraction of sp³-hybridized carbons (Fsp3) is 0.238. The Bertz CT molecular complexity index is 1470. The molecule has 0 saturated carbocycles.